The van der Waals surface area contributed by atoms with Crippen molar-refractivity contribution in [1.82, 2.24) is 0 Å². The summed E-state index contributed by atoms with van der Waals surface area (Å²) >= 11 is 0. The molecule has 2 heterocycles. The quantitative estimate of drug-likeness (QED) is 0.528. The van der Waals surface area contributed by atoms with Crippen molar-refractivity contribution < 1.29 is 4.74 Å². The summed E-state index contributed by atoms with van der Waals surface area (Å²) in [6, 6.07) is 22.3. The molecule has 2 aliphatic rings. The van der Waals surface area contributed by atoms with Gasteiger partial charge in [0.05, 0.1) is 5.69 Å². The lowest BCUT2D eigenvalue weighted by Gasteiger charge is -2.08. The van der Waals surface area contributed by atoms with Gasteiger partial charge in [-0.05, 0) is 18.2 Å². The summed E-state index contributed by atoms with van der Waals surface area (Å²) in [4.78, 5) is 9.50. The number of hydrogen-bond donors (Lipinski definition) is 0. The second kappa shape index (κ2) is 4.28. The van der Waals surface area contributed by atoms with E-state index >= 15 is 0 Å². The normalized spacial score (nSPS) is 16.8. The molecular formula is C19H12N2O. The summed E-state index contributed by atoms with van der Waals surface area (Å²) in [5.74, 6) is 0.809. The predicted octanol–water partition coefficient (Wildman–Crippen LogP) is 3.33. The Bertz CT molecular complexity index is 1010. The summed E-state index contributed by atoms with van der Waals surface area (Å²) in [7, 11) is 0. The second-order valence-electron chi connectivity index (χ2n) is 5.45. The minimum atomic E-state index is -0.276. The van der Waals surface area contributed by atoms with Crippen molar-refractivity contribution in [3.05, 3.63) is 83.0 Å². The number of ether oxygens (including phenoxy) is 1. The van der Waals surface area contributed by atoms with Crippen molar-refractivity contribution in [2.24, 2.45) is 9.98 Å². The Morgan fingerprint density at radius 2 is 1.55 bits per heavy atom. The van der Waals surface area contributed by atoms with Gasteiger partial charge in [-0.15, -0.1) is 0 Å². The first-order chi connectivity index (χ1) is 10.9. The first-order valence-corrected chi connectivity index (χ1v) is 7.31. The van der Waals surface area contributed by atoms with Crippen LogP contribution in [0.5, 0.6) is 5.75 Å². The predicted molar refractivity (Wildman–Crippen MR) is 83.7 cm³/mol. The standard InChI is InChI=1S/C19H12N2O/c1-2-6-12(7-3-1)19-21-18-16(22-19)11-10-14-13-8-4-5-9-15(13)20-17(14)18/h1-11,19H. The molecule has 0 saturated carbocycles. The van der Waals surface area contributed by atoms with Gasteiger partial charge in [0.25, 0.3) is 0 Å². The molecular weight excluding hydrogens is 272 g/mol. The van der Waals surface area contributed by atoms with Gasteiger partial charge < -0.3 is 4.74 Å². The Labute approximate surface area is 127 Å². The van der Waals surface area contributed by atoms with E-state index in [2.05, 4.69) is 12.1 Å². The summed E-state index contributed by atoms with van der Waals surface area (Å²) in [5, 5.41) is 1.79. The van der Waals surface area contributed by atoms with E-state index in [-0.39, 0.29) is 6.23 Å². The van der Waals surface area contributed by atoms with Crippen LogP contribution in [0.4, 0.5) is 5.69 Å². The van der Waals surface area contributed by atoms with Crippen molar-refractivity contribution in [3.8, 4) is 16.9 Å². The fraction of sp³-hybridized carbons (Fsp3) is 0.0526. The fourth-order valence-corrected chi connectivity index (χ4v) is 3.05. The van der Waals surface area contributed by atoms with Gasteiger partial charge in [0.1, 0.15) is 16.5 Å². The summed E-state index contributed by atoms with van der Waals surface area (Å²) < 4.78 is 5.99. The zero-order chi connectivity index (χ0) is 14.5. The van der Waals surface area contributed by atoms with Crippen molar-refractivity contribution in [3.63, 3.8) is 0 Å². The molecule has 3 nitrogen and oxygen atoms in total. The Hall–Kier alpha value is -2.94. The van der Waals surface area contributed by atoms with E-state index in [4.69, 9.17) is 14.7 Å². The molecule has 0 bridgehead atoms. The minimum absolute atomic E-state index is 0.276. The second-order valence-corrected chi connectivity index (χ2v) is 5.45. The van der Waals surface area contributed by atoms with Gasteiger partial charge in [0.2, 0.25) is 6.23 Å². The van der Waals surface area contributed by atoms with E-state index in [1.54, 1.807) is 0 Å². The molecule has 3 aromatic rings. The van der Waals surface area contributed by atoms with Crippen LogP contribution in [0.3, 0.4) is 0 Å². The van der Waals surface area contributed by atoms with Crippen molar-refractivity contribution in [2.75, 3.05) is 0 Å². The van der Waals surface area contributed by atoms with Gasteiger partial charge >= 0.3 is 0 Å². The van der Waals surface area contributed by atoms with Gasteiger partial charge in [0.15, 0.2) is 0 Å². The number of nitrogens with zero attached hydrogens (tertiary/aromatic N) is 2. The molecule has 0 fully saturated rings. The monoisotopic (exact) mass is 284 g/mol. The van der Waals surface area contributed by atoms with Crippen LogP contribution in [0.15, 0.2) is 76.7 Å². The lowest BCUT2D eigenvalue weighted by atomic mass is 10.1. The largest absolute Gasteiger partial charge is 0.462 e. The SMILES string of the molecule is c1ccc(C2N=c3c(ccc4c3=Nc3ccccc3-4)O2)cc1. The molecule has 3 heteroatoms. The van der Waals surface area contributed by atoms with Gasteiger partial charge in [-0.1, -0.05) is 48.5 Å². The first kappa shape index (κ1) is 11.7. The van der Waals surface area contributed by atoms with Crippen LogP contribution in [0.1, 0.15) is 11.8 Å². The van der Waals surface area contributed by atoms with Crippen LogP contribution in [0.2, 0.25) is 0 Å². The summed E-state index contributed by atoms with van der Waals surface area (Å²) in [5.41, 5.74) is 4.36. The lowest BCUT2D eigenvalue weighted by Crippen LogP contribution is -2.23. The third-order valence-corrected chi connectivity index (χ3v) is 4.11. The third-order valence-electron chi connectivity index (χ3n) is 4.11. The maximum absolute atomic E-state index is 5.99. The topological polar surface area (TPSA) is 34.0 Å². The Balaban J connectivity index is 1.73. The summed E-state index contributed by atoms with van der Waals surface area (Å²) in [6.07, 6.45) is -0.276. The van der Waals surface area contributed by atoms with E-state index in [9.17, 15) is 0 Å². The van der Waals surface area contributed by atoms with Gasteiger partial charge in [-0.25, -0.2) is 9.98 Å². The van der Waals surface area contributed by atoms with Crippen molar-refractivity contribution in [1.29, 1.82) is 0 Å². The molecule has 0 aliphatic carbocycles. The van der Waals surface area contributed by atoms with Crippen LogP contribution in [-0.2, 0) is 0 Å². The number of para-hydroxylation sites is 1. The molecule has 0 saturated heterocycles. The Kier molecular flexibility index (Phi) is 2.27. The number of fused-ring (bicyclic) bond motifs is 5. The molecule has 0 spiro atoms. The molecule has 1 unspecified atom stereocenters. The highest BCUT2D eigenvalue weighted by Crippen LogP contribution is 2.33. The van der Waals surface area contributed by atoms with Gasteiger partial charge in [-0.2, -0.15) is 0 Å². The number of hydrogen-bond acceptors (Lipinski definition) is 3. The molecule has 0 aromatic heterocycles. The average Bonchev–Trinajstić information content (AvgIpc) is 3.16. The molecule has 0 N–H and O–H groups in total. The number of benzene rings is 3. The van der Waals surface area contributed by atoms with Crippen LogP contribution < -0.4 is 15.5 Å². The molecule has 22 heavy (non-hydrogen) atoms. The molecule has 3 aromatic carbocycles. The van der Waals surface area contributed by atoms with Crippen molar-refractivity contribution >= 4 is 5.69 Å². The number of rotatable bonds is 1. The highest BCUT2D eigenvalue weighted by atomic mass is 16.5. The van der Waals surface area contributed by atoms with E-state index in [0.717, 1.165) is 33.3 Å². The zero-order valence-corrected chi connectivity index (χ0v) is 11.7. The highest BCUT2D eigenvalue weighted by molar-refractivity contribution is 5.79. The maximum Gasteiger partial charge on any atom is 0.216 e. The fourth-order valence-electron chi connectivity index (χ4n) is 3.05. The average molecular weight is 284 g/mol. The molecule has 0 amide bonds. The van der Waals surface area contributed by atoms with Crippen LogP contribution in [0, 0.1) is 0 Å². The van der Waals surface area contributed by atoms with E-state index in [0.29, 0.717) is 0 Å². The smallest absolute Gasteiger partial charge is 0.216 e. The molecule has 5 rings (SSSR count). The van der Waals surface area contributed by atoms with E-state index in [1.165, 1.54) is 5.56 Å². The minimum Gasteiger partial charge on any atom is -0.462 e. The summed E-state index contributed by atoms with van der Waals surface area (Å²) in [6.45, 7) is 0. The molecule has 104 valence electrons. The molecule has 2 aliphatic heterocycles. The van der Waals surface area contributed by atoms with E-state index < -0.39 is 0 Å². The first-order valence-electron chi connectivity index (χ1n) is 7.31. The highest BCUT2D eigenvalue weighted by Gasteiger charge is 2.23. The lowest BCUT2D eigenvalue weighted by molar-refractivity contribution is 0.236. The van der Waals surface area contributed by atoms with Crippen LogP contribution in [0.25, 0.3) is 11.1 Å². The molecule has 0 radical (unpaired) electrons. The van der Waals surface area contributed by atoms with Gasteiger partial charge in [-0.3, -0.25) is 0 Å². The van der Waals surface area contributed by atoms with Gasteiger partial charge in [0, 0.05) is 16.7 Å². The molecule has 1 atom stereocenters. The van der Waals surface area contributed by atoms with Crippen LogP contribution in [-0.4, -0.2) is 0 Å². The third kappa shape index (κ3) is 1.56. The zero-order valence-electron chi connectivity index (χ0n) is 11.7. The Morgan fingerprint density at radius 3 is 2.45 bits per heavy atom. The van der Waals surface area contributed by atoms with Crippen LogP contribution >= 0.6 is 0 Å². The maximum atomic E-state index is 5.99. The van der Waals surface area contributed by atoms with Crippen molar-refractivity contribution in [2.45, 2.75) is 6.23 Å². The Morgan fingerprint density at radius 1 is 0.727 bits per heavy atom. The van der Waals surface area contributed by atoms with E-state index in [1.807, 2.05) is 54.6 Å².